The van der Waals surface area contributed by atoms with Crippen molar-refractivity contribution in [1.82, 2.24) is 4.98 Å². The number of hydrogen-bond donors (Lipinski definition) is 1. The van der Waals surface area contributed by atoms with Gasteiger partial charge in [0.15, 0.2) is 5.78 Å². The molecule has 0 saturated carbocycles. The number of halogens is 3. The Balaban J connectivity index is 2.13. The molecule has 1 N–H and O–H groups in total. The molecule has 20 heavy (non-hydrogen) atoms. The smallest absolute Gasteiger partial charge is 0.196 e. The van der Waals surface area contributed by atoms with E-state index < -0.39 is 0 Å². The average molecular weight is 369 g/mol. The molecular formula is C15H8BrCl2NO. The van der Waals surface area contributed by atoms with Crippen LogP contribution in [0.15, 0.2) is 47.1 Å². The topological polar surface area (TPSA) is 32.9 Å². The minimum Gasteiger partial charge on any atom is -0.360 e. The first-order chi connectivity index (χ1) is 9.56. The highest BCUT2D eigenvalue weighted by atomic mass is 79.9. The Kier molecular flexibility index (Phi) is 3.59. The molecule has 3 aromatic rings. The zero-order valence-corrected chi connectivity index (χ0v) is 13.2. The van der Waals surface area contributed by atoms with E-state index in [0.29, 0.717) is 21.2 Å². The normalized spacial score (nSPS) is 10.9. The summed E-state index contributed by atoms with van der Waals surface area (Å²) in [6.45, 7) is 0. The summed E-state index contributed by atoms with van der Waals surface area (Å²) < 4.78 is 0.954. The zero-order valence-electron chi connectivity index (χ0n) is 10.1. The Bertz CT molecular complexity index is 826. The summed E-state index contributed by atoms with van der Waals surface area (Å²) >= 11 is 15.3. The first kappa shape index (κ1) is 13.7. The molecule has 0 saturated heterocycles. The predicted molar refractivity (Wildman–Crippen MR) is 85.9 cm³/mol. The number of carbonyl (C=O) groups is 1. The standard InChI is InChI=1S/C15H8BrCl2NO/c16-8-1-3-10-12(7-19-14(10)5-8)15(20)11-4-2-9(17)6-13(11)18/h1-7,19H. The summed E-state index contributed by atoms with van der Waals surface area (Å²) in [6, 6.07) is 10.6. The number of aromatic nitrogens is 1. The number of rotatable bonds is 2. The Labute approximate surface area is 133 Å². The highest BCUT2D eigenvalue weighted by Crippen LogP contribution is 2.28. The monoisotopic (exact) mass is 367 g/mol. The van der Waals surface area contributed by atoms with Gasteiger partial charge in [0.1, 0.15) is 0 Å². The van der Waals surface area contributed by atoms with Crippen LogP contribution in [0.4, 0.5) is 0 Å². The molecule has 0 radical (unpaired) electrons. The largest absolute Gasteiger partial charge is 0.360 e. The van der Waals surface area contributed by atoms with Crippen molar-refractivity contribution >= 4 is 55.8 Å². The molecule has 2 nitrogen and oxygen atoms in total. The first-order valence-electron chi connectivity index (χ1n) is 5.82. The van der Waals surface area contributed by atoms with Gasteiger partial charge in [0, 0.05) is 37.7 Å². The molecular weight excluding hydrogens is 361 g/mol. The van der Waals surface area contributed by atoms with Gasteiger partial charge in [-0.15, -0.1) is 0 Å². The number of ketones is 1. The Morgan fingerprint density at radius 1 is 1.05 bits per heavy atom. The second kappa shape index (κ2) is 5.24. The number of aromatic amines is 1. The molecule has 1 heterocycles. The predicted octanol–water partition coefficient (Wildman–Crippen LogP) is 5.47. The van der Waals surface area contributed by atoms with Crippen LogP contribution in [0.1, 0.15) is 15.9 Å². The lowest BCUT2D eigenvalue weighted by Gasteiger charge is -2.03. The molecule has 0 fully saturated rings. The summed E-state index contributed by atoms with van der Waals surface area (Å²) in [5.41, 5.74) is 1.93. The molecule has 0 aliphatic heterocycles. The number of carbonyl (C=O) groups excluding carboxylic acids is 1. The fourth-order valence-corrected chi connectivity index (χ4v) is 2.96. The maximum Gasteiger partial charge on any atom is 0.196 e. The number of fused-ring (bicyclic) bond motifs is 1. The van der Waals surface area contributed by atoms with Gasteiger partial charge in [-0.1, -0.05) is 45.2 Å². The lowest BCUT2D eigenvalue weighted by Crippen LogP contribution is -2.01. The summed E-state index contributed by atoms with van der Waals surface area (Å²) in [5, 5.41) is 1.73. The molecule has 2 aromatic carbocycles. The summed E-state index contributed by atoms with van der Waals surface area (Å²) in [7, 11) is 0. The quantitative estimate of drug-likeness (QED) is 0.598. The fraction of sp³-hybridized carbons (Fsp3) is 0. The van der Waals surface area contributed by atoms with Crippen LogP contribution in [0.2, 0.25) is 10.0 Å². The van der Waals surface area contributed by atoms with Gasteiger partial charge < -0.3 is 4.98 Å². The van der Waals surface area contributed by atoms with Crippen molar-refractivity contribution in [1.29, 1.82) is 0 Å². The maximum atomic E-state index is 12.6. The second-order valence-corrected chi connectivity index (χ2v) is 6.10. The lowest BCUT2D eigenvalue weighted by molar-refractivity contribution is 0.104. The third-order valence-corrected chi connectivity index (χ3v) is 4.11. The fourth-order valence-electron chi connectivity index (χ4n) is 2.10. The van der Waals surface area contributed by atoms with Crippen LogP contribution in [0, 0.1) is 0 Å². The van der Waals surface area contributed by atoms with E-state index in [4.69, 9.17) is 23.2 Å². The van der Waals surface area contributed by atoms with Crippen LogP contribution in [-0.2, 0) is 0 Å². The van der Waals surface area contributed by atoms with Crippen LogP contribution < -0.4 is 0 Å². The molecule has 100 valence electrons. The third kappa shape index (κ3) is 2.37. The Morgan fingerprint density at radius 2 is 1.85 bits per heavy atom. The van der Waals surface area contributed by atoms with Gasteiger partial charge in [-0.05, 0) is 30.3 Å². The second-order valence-electron chi connectivity index (χ2n) is 4.35. The van der Waals surface area contributed by atoms with E-state index in [1.54, 1.807) is 24.4 Å². The number of hydrogen-bond acceptors (Lipinski definition) is 1. The van der Waals surface area contributed by atoms with Gasteiger partial charge in [-0.25, -0.2) is 0 Å². The van der Waals surface area contributed by atoms with Crippen LogP contribution >= 0.6 is 39.1 Å². The number of nitrogens with one attached hydrogen (secondary N) is 1. The van der Waals surface area contributed by atoms with Crippen molar-refractivity contribution in [3.63, 3.8) is 0 Å². The van der Waals surface area contributed by atoms with Gasteiger partial charge in [0.25, 0.3) is 0 Å². The SMILES string of the molecule is O=C(c1ccc(Cl)cc1Cl)c1c[nH]c2cc(Br)ccc12. The highest BCUT2D eigenvalue weighted by Gasteiger charge is 2.17. The van der Waals surface area contributed by atoms with E-state index in [2.05, 4.69) is 20.9 Å². The van der Waals surface area contributed by atoms with Crippen LogP contribution in [0.3, 0.4) is 0 Å². The molecule has 0 amide bonds. The van der Waals surface area contributed by atoms with Gasteiger partial charge in [0.05, 0.1) is 5.02 Å². The van der Waals surface area contributed by atoms with E-state index in [-0.39, 0.29) is 5.78 Å². The number of benzene rings is 2. The molecule has 0 bridgehead atoms. The summed E-state index contributed by atoms with van der Waals surface area (Å²) in [6.07, 6.45) is 1.70. The van der Waals surface area contributed by atoms with E-state index >= 15 is 0 Å². The Hall–Kier alpha value is -1.29. The van der Waals surface area contributed by atoms with E-state index in [0.717, 1.165) is 15.4 Å². The molecule has 0 aliphatic carbocycles. The van der Waals surface area contributed by atoms with Gasteiger partial charge in [0.2, 0.25) is 0 Å². The average Bonchev–Trinajstić information content (AvgIpc) is 2.80. The minimum absolute atomic E-state index is 0.125. The van der Waals surface area contributed by atoms with Crippen molar-refractivity contribution < 1.29 is 4.79 Å². The molecule has 0 spiro atoms. The summed E-state index contributed by atoms with van der Waals surface area (Å²) in [4.78, 5) is 15.7. The first-order valence-corrected chi connectivity index (χ1v) is 7.37. The van der Waals surface area contributed by atoms with Gasteiger partial charge in [-0.2, -0.15) is 0 Å². The highest BCUT2D eigenvalue weighted by molar-refractivity contribution is 9.10. The molecule has 5 heteroatoms. The van der Waals surface area contributed by atoms with Crippen LogP contribution in [-0.4, -0.2) is 10.8 Å². The van der Waals surface area contributed by atoms with Crippen molar-refractivity contribution in [2.75, 3.05) is 0 Å². The van der Waals surface area contributed by atoms with Crippen molar-refractivity contribution in [3.05, 3.63) is 68.2 Å². The zero-order chi connectivity index (χ0) is 14.3. The van der Waals surface area contributed by atoms with Crippen molar-refractivity contribution in [2.45, 2.75) is 0 Å². The lowest BCUT2D eigenvalue weighted by atomic mass is 10.0. The third-order valence-electron chi connectivity index (χ3n) is 3.06. The van der Waals surface area contributed by atoms with E-state index in [9.17, 15) is 4.79 Å². The molecule has 0 unspecified atom stereocenters. The van der Waals surface area contributed by atoms with Crippen LogP contribution in [0.25, 0.3) is 10.9 Å². The summed E-state index contributed by atoms with van der Waals surface area (Å²) in [5.74, 6) is -0.125. The van der Waals surface area contributed by atoms with Gasteiger partial charge in [-0.3, -0.25) is 4.79 Å². The molecule has 0 aliphatic rings. The molecule has 0 atom stereocenters. The molecule has 1 aromatic heterocycles. The van der Waals surface area contributed by atoms with E-state index in [1.807, 2.05) is 18.2 Å². The minimum atomic E-state index is -0.125. The van der Waals surface area contributed by atoms with Crippen molar-refractivity contribution in [3.8, 4) is 0 Å². The molecule has 3 rings (SSSR count). The maximum absolute atomic E-state index is 12.6. The van der Waals surface area contributed by atoms with E-state index in [1.165, 1.54) is 0 Å². The van der Waals surface area contributed by atoms with Gasteiger partial charge >= 0.3 is 0 Å². The van der Waals surface area contributed by atoms with Crippen LogP contribution in [0.5, 0.6) is 0 Å². The Morgan fingerprint density at radius 3 is 2.60 bits per heavy atom. The van der Waals surface area contributed by atoms with Crippen molar-refractivity contribution in [2.24, 2.45) is 0 Å². The number of H-pyrrole nitrogens is 1.